The predicted molar refractivity (Wildman–Crippen MR) is 111 cm³/mol. The van der Waals surface area contributed by atoms with Crippen molar-refractivity contribution in [1.82, 2.24) is 4.31 Å². The van der Waals surface area contributed by atoms with E-state index in [1.807, 2.05) is 6.07 Å². The molecule has 3 rings (SSSR count). The van der Waals surface area contributed by atoms with E-state index in [-0.39, 0.29) is 28.7 Å². The number of rotatable bonds is 6. The third-order valence-corrected chi connectivity index (χ3v) is 6.81. The van der Waals surface area contributed by atoms with Crippen LogP contribution >= 0.6 is 11.6 Å². The Morgan fingerprint density at radius 3 is 2.70 bits per heavy atom. The molecule has 1 N–H and O–H groups in total. The molecule has 158 valence electrons. The van der Waals surface area contributed by atoms with Gasteiger partial charge in [0.15, 0.2) is 6.10 Å². The zero-order valence-electron chi connectivity index (χ0n) is 16.2. The summed E-state index contributed by atoms with van der Waals surface area (Å²) in [6.45, 7) is 2.66. The number of hydrogen-bond donors (Lipinski definition) is 1. The van der Waals surface area contributed by atoms with Crippen molar-refractivity contribution in [2.45, 2.75) is 17.9 Å². The molecule has 0 aliphatic carbocycles. The van der Waals surface area contributed by atoms with Crippen molar-refractivity contribution in [3.05, 3.63) is 53.1 Å². The molecule has 1 saturated heterocycles. The summed E-state index contributed by atoms with van der Waals surface area (Å²) in [5.41, 5.74) is 0.688. The average molecular weight is 450 g/mol. The number of carbonyl (C=O) groups excluding carboxylic acids is 1. The minimum absolute atomic E-state index is 0.0668. The third kappa shape index (κ3) is 5.09. The minimum Gasteiger partial charge on any atom is -0.481 e. The SMILES string of the molecule is CC(Oc1cccc(C#N)c1)C(=O)Nc1ccc(Cl)c(S(=O)(=O)N2CCOCC2)c1. The quantitative estimate of drug-likeness (QED) is 0.726. The number of morpholine rings is 1. The molecule has 1 fully saturated rings. The Bertz CT molecular complexity index is 1080. The molecule has 0 bridgehead atoms. The normalized spacial score (nSPS) is 15.8. The van der Waals surface area contributed by atoms with Gasteiger partial charge in [-0.15, -0.1) is 0 Å². The van der Waals surface area contributed by atoms with Gasteiger partial charge >= 0.3 is 0 Å². The smallest absolute Gasteiger partial charge is 0.265 e. The van der Waals surface area contributed by atoms with Gasteiger partial charge in [0.25, 0.3) is 5.91 Å². The second-order valence-electron chi connectivity index (χ2n) is 6.55. The van der Waals surface area contributed by atoms with Gasteiger partial charge in [0.2, 0.25) is 10.0 Å². The van der Waals surface area contributed by atoms with Crippen molar-refractivity contribution in [1.29, 1.82) is 5.26 Å². The topological polar surface area (TPSA) is 109 Å². The summed E-state index contributed by atoms with van der Waals surface area (Å²) in [5, 5.41) is 11.7. The van der Waals surface area contributed by atoms with Gasteiger partial charge in [-0.1, -0.05) is 17.7 Å². The number of anilines is 1. The van der Waals surface area contributed by atoms with E-state index in [2.05, 4.69) is 5.32 Å². The Labute approximate surface area is 180 Å². The summed E-state index contributed by atoms with van der Waals surface area (Å²) in [7, 11) is -3.82. The molecule has 1 unspecified atom stereocenters. The number of halogens is 1. The first-order valence-corrected chi connectivity index (χ1v) is 11.0. The Hall–Kier alpha value is -2.64. The zero-order chi connectivity index (χ0) is 21.7. The Balaban J connectivity index is 1.74. The van der Waals surface area contributed by atoms with Gasteiger partial charge in [-0.2, -0.15) is 9.57 Å². The molecule has 1 atom stereocenters. The van der Waals surface area contributed by atoms with Crippen molar-refractivity contribution >= 4 is 33.2 Å². The number of benzene rings is 2. The molecule has 1 amide bonds. The number of hydrogen-bond acceptors (Lipinski definition) is 6. The Morgan fingerprint density at radius 1 is 1.27 bits per heavy atom. The maximum absolute atomic E-state index is 12.9. The first kappa shape index (κ1) is 22.1. The fourth-order valence-electron chi connectivity index (χ4n) is 2.85. The largest absolute Gasteiger partial charge is 0.481 e. The number of nitrogens with zero attached hydrogens (tertiary/aromatic N) is 2. The van der Waals surface area contributed by atoms with Crippen LogP contribution in [-0.4, -0.2) is 51.0 Å². The number of sulfonamides is 1. The monoisotopic (exact) mass is 449 g/mol. The molecule has 0 radical (unpaired) electrons. The molecule has 0 spiro atoms. The number of nitrogens with one attached hydrogen (secondary N) is 1. The Morgan fingerprint density at radius 2 is 2.00 bits per heavy atom. The first-order chi connectivity index (χ1) is 14.3. The molecule has 1 aliphatic rings. The maximum atomic E-state index is 12.9. The second kappa shape index (κ2) is 9.45. The van der Waals surface area contributed by atoms with Crippen molar-refractivity contribution in [2.75, 3.05) is 31.6 Å². The molecule has 1 heterocycles. The van der Waals surface area contributed by atoms with Gasteiger partial charge in [0.05, 0.1) is 29.9 Å². The van der Waals surface area contributed by atoms with Gasteiger partial charge in [-0.05, 0) is 43.3 Å². The molecule has 0 aromatic heterocycles. The summed E-state index contributed by atoms with van der Waals surface area (Å²) in [5.74, 6) is -0.0993. The van der Waals surface area contributed by atoms with Crippen LogP contribution in [0.1, 0.15) is 12.5 Å². The molecule has 2 aromatic rings. The fourth-order valence-corrected chi connectivity index (χ4v) is 4.75. The van der Waals surface area contributed by atoms with Crippen molar-refractivity contribution < 1.29 is 22.7 Å². The highest BCUT2D eigenvalue weighted by Gasteiger charge is 2.29. The van der Waals surface area contributed by atoms with E-state index < -0.39 is 22.0 Å². The summed E-state index contributed by atoms with van der Waals surface area (Å²) in [4.78, 5) is 12.4. The van der Waals surface area contributed by atoms with Crippen molar-refractivity contribution in [3.63, 3.8) is 0 Å². The summed E-state index contributed by atoms with van der Waals surface area (Å²) < 4.78 is 37.9. The molecule has 8 nitrogen and oxygen atoms in total. The second-order valence-corrected chi connectivity index (χ2v) is 8.86. The third-order valence-electron chi connectivity index (χ3n) is 4.43. The van der Waals surface area contributed by atoms with Crippen LogP contribution in [0.3, 0.4) is 0 Å². The lowest BCUT2D eigenvalue weighted by molar-refractivity contribution is -0.122. The molecule has 10 heteroatoms. The number of nitriles is 1. The number of amides is 1. The van der Waals surface area contributed by atoms with Crippen LogP contribution in [-0.2, 0) is 19.6 Å². The van der Waals surface area contributed by atoms with E-state index in [1.165, 1.54) is 28.6 Å². The average Bonchev–Trinajstić information content (AvgIpc) is 2.75. The van der Waals surface area contributed by atoms with E-state index in [1.54, 1.807) is 25.1 Å². The van der Waals surface area contributed by atoms with E-state index in [9.17, 15) is 13.2 Å². The molecule has 1 aliphatic heterocycles. The van der Waals surface area contributed by atoms with Crippen LogP contribution in [0.4, 0.5) is 5.69 Å². The van der Waals surface area contributed by atoms with Gasteiger partial charge in [0.1, 0.15) is 10.6 Å². The van der Waals surface area contributed by atoms with E-state index in [4.69, 9.17) is 26.3 Å². The molecule has 2 aromatic carbocycles. The lowest BCUT2D eigenvalue weighted by atomic mass is 10.2. The Kier molecular flexibility index (Phi) is 6.95. The summed E-state index contributed by atoms with van der Waals surface area (Å²) >= 11 is 6.13. The van der Waals surface area contributed by atoms with Crippen molar-refractivity contribution in [2.24, 2.45) is 0 Å². The van der Waals surface area contributed by atoms with Gasteiger partial charge < -0.3 is 14.8 Å². The predicted octanol–water partition coefficient (Wildman–Crippen LogP) is 2.64. The molecule has 30 heavy (non-hydrogen) atoms. The van der Waals surface area contributed by atoms with Gasteiger partial charge in [0, 0.05) is 18.8 Å². The zero-order valence-corrected chi connectivity index (χ0v) is 17.7. The van der Waals surface area contributed by atoms with Crippen LogP contribution in [0.2, 0.25) is 5.02 Å². The maximum Gasteiger partial charge on any atom is 0.265 e. The van der Waals surface area contributed by atoms with Crippen LogP contribution in [0, 0.1) is 11.3 Å². The van der Waals surface area contributed by atoms with Gasteiger partial charge in [-0.3, -0.25) is 4.79 Å². The van der Waals surface area contributed by atoms with E-state index in [0.717, 1.165) is 0 Å². The molecular weight excluding hydrogens is 430 g/mol. The fraction of sp³-hybridized carbons (Fsp3) is 0.300. The van der Waals surface area contributed by atoms with Crippen molar-refractivity contribution in [3.8, 4) is 11.8 Å². The van der Waals surface area contributed by atoms with Crippen LogP contribution in [0.5, 0.6) is 5.75 Å². The summed E-state index contributed by atoms with van der Waals surface area (Å²) in [6, 6.07) is 12.7. The minimum atomic E-state index is -3.82. The molecular formula is C20H20ClN3O5S. The van der Waals surface area contributed by atoms with Gasteiger partial charge in [-0.25, -0.2) is 8.42 Å². The molecule has 0 saturated carbocycles. The summed E-state index contributed by atoms with van der Waals surface area (Å²) in [6.07, 6.45) is -0.881. The number of carbonyl (C=O) groups is 1. The highest BCUT2D eigenvalue weighted by Crippen LogP contribution is 2.28. The van der Waals surface area contributed by atoms with E-state index >= 15 is 0 Å². The van der Waals surface area contributed by atoms with Crippen LogP contribution in [0.15, 0.2) is 47.4 Å². The van der Waals surface area contributed by atoms with Crippen LogP contribution in [0.25, 0.3) is 0 Å². The van der Waals surface area contributed by atoms with Crippen LogP contribution < -0.4 is 10.1 Å². The highest BCUT2D eigenvalue weighted by molar-refractivity contribution is 7.89. The lowest BCUT2D eigenvalue weighted by Gasteiger charge is -2.26. The first-order valence-electron chi connectivity index (χ1n) is 9.16. The standard InChI is InChI=1S/C20H20ClN3O5S/c1-14(29-17-4-2-3-15(11-17)13-22)20(25)23-16-5-6-18(21)19(12-16)30(26,27)24-7-9-28-10-8-24/h2-6,11-12,14H,7-10H2,1H3,(H,23,25). The number of ether oxygens (including phenoxy) is 2. The highest BCUT2D eigenvalue weighted by atomic mass is 35.5. The lowest BCUT2D eigenvalue weighted by Crippen LogP contribution is -2.40. The van der Waals surface area contributed by atoms with E-state index in [0.29, 0.717) is 24.5 Å².